The molecule has 2 heterocycles. The van der Waals surface area contributed by atoms with E-state index in [1.807, 2.05) is 0 Å². The number of H-pyrrole nitrogens is 2. The Morgan fingerprint density at radius 2 is 0.737 bits per heavy atom. The van der Waals surface area contributed by atoms with Crippen LogP contribution in [0.1, 0.15) is 48.6 Å². The van der Waals surface area contributed by atoms with Crippen molar-refractivity contribution in [2.24, 2.45) is 23.7 Å². The molecule has 0 unspecified atom stereocenters. The second kappa shape index (κ2) is 15.9. The van der Waals surface area contributed by atoms with E-state index in [-0.39, 0.29) is 30.3 Å². The van der Waals surface area contributed by atoms with Gasteiger partial charge in [-0.05, 0) is 117 Å². The molecule has 0 radical (unpaired) electrons. The molecule has 6 atom stereocenters. The van der Waals surface area contributed by atoms with Crippen LogP contribution in [0.15, 0.2) is 170 Å². The van der Waals surface area contributed by atoms with Crippen LogP contribution in [0.3, 0.4) is 0 Å². The Kier molecular flexibility index (Phi) is 10.8. The number of rotatable bonds is 4. The van der Waals surface area contributed by atoms with Gasteiger partial charge in [0.15, 0.2) is 12.4 Å². The maximum absolute atomic E-state index is 3.61. The van der Waals surface area contributed by atoms with Crippen LogP contribution in [0.2, 0.25) is 0 Å². The highest BCUT2D eigenvalue weighted by Crippen LogP contribution is 2.53. The van der Waals surface area contributed by atoms with Crippen LogP contribution in [0.5, 0.6) is 0 Å². The van der Waals surface area contributed by atoms with Crippen molar-refractivity contribution < 1.29 is 40.3 Å². The van der Waals surface area contributed by atoms with E-state index in [2.05, 4.69) is 180 Å². The van der Waals surface area contributed by atoms with Gasteiger partial charge in [0.1, 0.15) is 0 Å². The Morgan fingerprint density at radius 3 is 1.11 bits per heavy atom. The monoisotopic (exact) mass is 784 g/mol. The molecule has 3 nitrogen and oxygen atoms in total. The fourth-order valence-corrected chi connectivity index (χ4v) is 10.8. The van der Waals surface area contributed by atoms with Crippen LogP contribution in [-0.4, -0.2) is 5.48 Å². The van der Waals surface area contributed by atoms with Crippen LogP contribution in [0.25, 0.3) is 65.6 Å². The molecule has 5 heteroatoms. The minimum absolute atomic E-state index is 0. The van der Waals surface area contributed by atoms with Crippen molar-refractivity contribution in [1.82, 2.24) is 0 Å². The number of nitrogens with one attached hydrogen (secondary N) is 2. The van der Waals surface area contributed by atoms with Crippen LogP contribution < -0.4 is 34.8 Å². The zero-order chi connectivity index (χ0) is 35.6. The zero-order valence-electron chi connectivity index (χ0n) is 31.7. The minimum Gasteiger partial charge on any atom is -1.00 e. The summed E-state index contributed by atoms with van der Waals surface area (Å²) < 4.78 is 0. The Labute approximate surface area is 346 Å². The van der Waals surface area contributed by atoms with Crippen molar-refractivity contribution in [2.75, 3.05) is 0 Å². The summed E-state index contributed by atoms with van der Waals surface area (Å²) in [7, 11) is 0. The summed E-state index contributed by atoms with van der Waals surface area (Å²) in [5, 5.41) is 10.5. The second-order valence-electron chi connectivity index (χ2n) is 16.2. The lowest BCUT2D eigenvalue weighted by atomic mass is 9.81. The van der Waals surface area contributed by atoms with Crippen molar-refractivity contribution >= 4 is 43.1 Å². The number of halogens is 2. The molecule has 2 fully saturated rings. The molecular weight excluding hydrogens is 739 g/mol. The molecule has 4 bridgehead atoms. The van der Waals surface area contributed by atoms with Crippen LogP contribution in [-0.2, 0) is 0 Å². The Morgan fingerprint density at radius 1 is 0.368 bits per heavy atom. The number of pyridine rings is 2. The van der Waals surface area contributed by atoms with E-state index in [0.717, 1.165) is 11.8 Å². The largest absolute Gasteiger partial charge is 1.00 e. The number of hydrogen-bond donors (Lipinski definition) is 0. The summed E-state index contributed by atoms with van der Waals surface area (Å²) in [5.74, 6) is 4.21. The summed E-state index contributed by atoms with van der Waals surface area (Å²) in [6.45, 7) is 0. The van der Waals surface area contributed by atoms with Crippen molar-refractivity contribution in [3.63, 3.8) is 0 Å². The summed E-state index contributed by atoms with van der Waals surface area (Å²) in [6, 6.07) is 48.8. The molecule has 2 aromatic heterocycles. The number of hydrogen-bond acceptors (Lipinski definition) is 0. The van der Waals surface area contributed by atoms with Crippen molar-refractivity contribution in [2.45, 2.75) is 37.5 Å². The quantitative estimate of drug-likeness (QED) is 0.212. The van der Waals surface area contributed by atoms with Gasteiger partial charge in [0.05, 0.1) is 21.9 Å². The average molecular weight is 786 g/mol. The molecule has 0 saturated heterocycles. The first kappa shape index (κ1) is 38.5. The molecule has 0 aliphatic heterocycles. The molecule has 4 N–H and O–H groups in total. The molecule has 8 aromatic rings. The highest BCUT2D eigenvalue weighted by molar-refractivity contribution is 6.05. The lowest BCUT2D eigenvalue weighted by Crippen LogP contribution is -3.00. The predicted molar refractivity (Wildman–Crippen MR) is 227 cm³/mol. The first-order chi connectivity index (χ1) is 26.8. The Hall–Kier alpha value is -5.32. The molecule has 0 amide bonds. The molecular formula is C52H46Cl2N2O. The van der Waals surface area contributed by atoms with E-state index in [4.69, 9.17) is 0 Å². The van der Waals surface area contributed by atoms with Crippen molar-refractivity contribution in [1.29, 1.82) is 0 Å². The summed E-state index contributed by atoms with van der Waals surface area (Å²) in [5.41, 5.74) is 8.33. The Balaban J connectivity index is 0.000000152. The number of aromatic amines is 2. The molecule has 4 aliphatic rings. The first-order valence-electron chi connectivity index (χ1n) is 20.0. The molecule has 57 heavy (non-hydrogen) atoms. The maximum Gasteiger partial charge on any atom is 0.219 e. The number of fused-ring (bicyclic) bond motifs is 8. The molecule has 4 aliphatic carbocycles. The van der Waals surface area contributed by atoms with Gasteiger partial charge in [0, 0.05) is 12.1 Å². The van der Waals surface area contributed by atoms with Gasteiger partial charge in [-0.3, -0.25) is 0 Å². The predicted octanol–water partition coefficient (Wildman–Crippen LogP) is 5.49. The second-order valence-corrected chi connectivity index (χ2v) is 16.2. The van der Waals surface area contributed by atoms with Crippen LogP contribution in [0, 0.1) is 23.7 Å². The van der Waals surface area contributed by atoms with Gasteiger partial charge in [0.2, 0.25) is 11.4 Å². The zero-order valence-corrected chi connectivity index (χ0v) is 33.2. The molecule has 0 spiro atoms. The summed E-state index contributed by atoms with van der Waals surface area (Å²) >= 11 is 0. The molecule has 2 saturated carbocycles. The fraction of sp³-hybridized carbons (Fsp3) is 0.192. The van der Waals surface area contributed by atoms with E-state index in [1.165, 1.54) is 102 Å². The van der Waals surface area contributed by atoms with E-state index in [0.29, 0.717) is 23.7 Å². The van der Waals surface area contributed by atoms with Crippen LogP contribution in [0.4, 0.5) is 0 Å². The minimum atomic E-state index is 0. The van der Waals surface area contributed by atoms with Gasteiger partial charge in [-0.2, -0.15) is 0 Å². The fourth-order valence-electron chi connectivity index (χ4n) is 10.8. The van der Waals surface area contributed by atoms with E-state index >= 15 is 0 Å². The van der Waals surface area contributed by atoms with Gasteiger partial charge in [0.25, 0.3) is 0 Å². The average Bonchev–Trinajstić information content (AvgIpc) is 4.07. The van der Waals surface area contributed by atoms with Crippen molar-refractivity contribution in [3.05, 3.63) is 181 Å². The highest BCUT2D eigenvalue weighted by Gasteiger charge is 2.40. The third kappa shape index (κ3) is 6.62. The molecule has 12 rings (SSSR count). The van der Waals surface area contributed by atoms with Crippen molar-refractivity contribution in [3.8, 4) is 22.5 Å². The first-order valence-corrected chi connectivity index (χ1v) is 20.0. The number of allylic oxidation sites excluding steroid dienone is 4. The lowest BCUT2D eigenvalue weighted by Gasteiger charge is -2.22. The SMILES string of the molecule is C1=C[C@H]2C[C@@H]1C[C@@H]2c1ccc2ccccc2c1-c1[nH+]ccc2ccccc12.C1=C[C@H]2C[C@@H]1C[C@@H]2c1ccc2ccccc2c1-c1[nH+]ccc2ccccc12.O.[Cl-].[Cl-]. The standard InChI is InChI=1S/2C26H21N.2ClH.H2O/c2*1-3-7-21-18(5-1)11-12-23(24-16-17-9-10-20(24)15-17)25(21)26-22-8-4-2-6-19(22)13-14-27-26;;;/h2*1-14,17,20,24H,15-16H2;2*1H;1H2/t2*17-,20+,24+;;;/m11.../s1. The lowest BCUT2D eigenvalue weighted by molar-refractivity contribution is -0.363. The van der Waals surface area contributed by atoms with Gasteiger partial charge in [-0.25, -0.2) is 9.97 Å². The number of benzene rings is 6. The van der Waals surface area contributed by atoms with Gasteiger partial charge in [-0.1, -0.05) is 133 Å². The number of aromatic nitrogens is 2. The topological polar surface area (TPSA) is 59.8 Å². The summed E-state index contributed by atoms with van der Waals surface area (Å²) in [6.07, 6.45) is 19.2. The van der Waals surface area contributed by atoms with Gasteiger partial charge < -0.3 is 30.3 Å². The normalized spacial score (nSPS) is 22.2. The van der Waals surface area contributed by atoms with E-state index < -0.39 is 0 Å². The van der Waals surface area contributed by atoms with Gasteiger partial charge in [-0.15, -0.1) is 0 Å². The van der Waals surface area contributed by atoms with Gasteiger partial charge >= 0.3 is 0 Å². The highest BCUT2D eigenvalue weighted by atomic mass is 35.5. The Bertz CT molecular complexity index is 2610. The molecule has 284 valence electrons. The summed E-state index contributed by atoms with van der Waals surface area (Å²) in [4.78, 5) is 7.22. The van der Waals surface area contributed by atoms with E-state index in [1.54, 1.807) is 0 Å². The smallest absolute Gasteiger partial charge is 0.219 e. The third-order valence-corrected chi connectivity index (χ3v) is 13.2. The van der Waals surface area contributed by atoms with Crippen LogP contribution >= 0.6 is 0 Å². The third-order valence-electron chi connectivity index (χ3n) is 13.2. The molecule has 6 aromatic carbocycles. The van der Waals surface area contributed by atoms with E-state index in [9.17, 15) is 0 Å². The maximum atomic E-state index is 3.61.